The first kappa shape index (κ1) is 12.3. The van der Waals surface area contributed by atoms with Crippen LogP contribution in [0.4, 0.5) is 8.78 Å². The van der Waals surface area contributed by atoms with Gasteiger partial charge in [0.25, 0.3) is 0 Å². The van der Waals surface area contributed by atoms with Gasteiger partial charge in [-0.15, -0.1) is 0 Å². The van der Waals surface area contributed by atoms with Gasteiger partial charge in [0.05, 0.1) is 6.42 Å². The number of carboxylic acids is 1. The Morgan fingerprint density at radius 1 is 1.22 bits per heavy atom. The van der Waals surface area contributed by atoms with Crippen LogP contribution in [0.2, 0.25) is 0 Å². The Morgan fingerprint density at radius 2 is 1.94 bits per heavy atom. The van der Waals surface area contributed by atoms with Crippen molar-refractivity contribution in [2.45, 2.75) is 13.0 Å². The van der Waals surface area contributed by atoms with E-state index in [4.69, 9.17) is 5.11 Å². The van der Waals surface area contributed by atoms with E-state index in [1.54, 1.807) is 30.3 Å². The maximum atomic E-state index is 12.3. The molecule has 0 amide bonds. The Labute approximate surface area is 102 Å². The summed E-state index contributed by atoms with van der Waals surface area (Å²) in [5.74, 6) is -1.18. The lowest BCUT2D eigenvalue weighted by atomic mass is 10.0. The average molecular weight is 252 g/mol. The lowest BCUT2D eigenvalue weighted by Gasteiger charge is -2.12. The van der Waals surface area contributed by atoms with Crippen molar-refractivity contribution in [3.8, 4) is 5.75 Å². The maximum Gasteiger partial charge on any atom is 0.387 e. The number of carbonyl (C=O) groups is 1. The van der Waals surface area contributed by atoms with Gasteiger partial charge in [0.1, 0.15) is 5.75 Å². The van der Waals surface area contributed by atoms with Gasteiger partial charge in [-0.25, -0.2) is 0 Å². The van der Waals surface area contributed by atoms with E-state index >= 15 is 0 Å². The monoisotopic (exact) mass is 252 g/mol. The average Bonchev–Trinajstić information content (AvgIpc) is 2.31. The van der Waals surface area contributed by atoms with E-state index in [0.29, 0.717) is 5.39 Å². The van der Waals surface area contributed by atoms with E-state index in [2.05, 4.69) is 4.74 Å². The second-order valence-electron chi connectivity index (χ2n) is 3.71. The minimum Gasteiger partial charge on any atom is -0.481 e. The minimum atomic E-state index is -2.97. The smallest absolute Gasteiger partial charge is 0.387 e. The van der Waals surface area contributed by atoms with Gasteiger partial charge in [0.2, 0.25) is 0 Å². The number of fused-ring (bicyclic) bond motifs is 1. The van der Waals surface area contributed by atoms with Gasteiger partial charge >= 0.3 is 12.6 Å². The Balaban J connectivity index is 2.58. The van der Waals surface area contributed by atoms with Crippen LogP contribution in [0.1, 0.15) is 5.56 Å². The zero-order chi connectivity index (χ0) is 13.1. The van der Waals surface area contributed by atoms with Crippen LogP contribution < -0.4 is 4.74 Å². The highest BCUT2D eigenvalue weighted by Gasteiger charge is 2.15. The van der Waals surface area contributed by atoms with Crippen LogP contribution in [0.5, 0.6) is 5.75 Å². The van der Waals surface area contributed by atoms with Crippen molar-refractivity contribution in [1.82, 2.24) is 0 Å². The van der Waals surface area contributed by atoms with E-state index in [9.17, 15) is 13.6 Å². The first-order valence-electron chi connectivity index (χ1n) is 5.25. The second kappa shape index (κ2) is 5.00. The maximum absolute atomic E-state index is 12.3. The normalized spacial score (nSPS) is 10.8. The van der Waals surface area contributed by atoms with Crippen molar-refractivity contribution in [3.05, 3.63) is 42.0 Å². The predicted octanol–water partition coefficient (Wildman–Crippen LogP) is 3.07. The van der Waals surface area contributed by atoms with Crippen LogP contribution in [0, 0.1) is 0 Å². The highest BCUT2D eigenvalue weighted by Crippen LogP contribution is 2.29. The molecule has 0 aliphatic heterocycles. The molecule has 0 atom stereocenters. The summed E-state index contributed by atoms with van der Waals surface area (Å²) < 4.78 is 28.9. The van der Waals surface area contributed by atoms with Crippen LogP contribution >= 0.6 is 0 Å². The third-order valence-corrected chi connectivity index (χ3v) is 2.54. The molecule has 1 N–H and O–H groups in total. The molecule has 0 aromatic heterocycles. The number of hydrogen-bond donors (Lipinski definition) is 1. The minimum absolute atomic E-state index is 0.0916. The molecule has 2 rings (SSSR count). The Kier molecular flexibility index (Phi) is 3.41. The molecule has 0 fully saturated rings. The van der Waals surface area contributed by atoms with E-state index in [1.807, 2.05) is 0 Å². The van der Waals surface area contributed by atoms with Crippen molar-refractivity contribution in [3.63, 3.8) is 0 Å². The van der Waals surface area contributed by atoms with Gasteiger partial charge in [-0.2, -0.15) is 8.78 Å². The number of aliphatic carboxylic acids is 1. The molecular weight excluding hydrogens is 242 g/mol. The highest BCUT2D eigenvalue weighted by atomic mass is 19.3. The number of carboxylic acid groups (broad SMARTS) is 1. The van der Waals surface area contributed by atoms with Gasteiger partial charge in [0, 0.05) is 5.56 Å². The SMILES string of the molecule is O=C(O)Cc1c(OC(F)F)ccc2ccccc12. The van der Waals surface area contributed by atoms with E-state index in [1.165, 1.54) is 6.07 Å². The molecule has 0 bridgehead atoms. The summed E-state index contributed by atoms with van der Waals surface area (Å²) in [6.45, 7) is -2.97. The largest absolute Gasteiger partial charge is 0.481 e. The molecule has 2 aromatic carbocycles. The molecule has 18 heavy (non-hydrogen) atoms. The molecule has 0 heterocycles. The van der Waals surface area contributed by atoms with Gasteiger partial charge in [-0.1, -0.05) is 30.3 Å². The molecule has 0 saturated heterocycles. The topological polar surface area (TPSA) is 46.5 Å². The quantitative estimate of drug-likeness (QED) is 0.909. The standard InChI is InChI=1S/C13H10F2O3/c14-13(15)18-11-6-5-8-3-1-2-4-9(8)10(11)7-12(16)17/h1-6,13H,7H2,(H,16,17). The number of rotatable bonds is 4. The van der Waals surface area contributed by atoms with Crippen molar-refractivity contribution in [2.24, 2.45) is 0 Å². The van der Waals surface area contributed by atoms with E-state index in [0.717, 1.165) is 5.39 Å². The summed E-state index contributed by atoms with van der Waals surface area (Å²) in [4.78, 5) is 10.8. The third-order valence-electron chi connectivity index (χ3n) is 2.54. The molecule has 0 spiro atoms. The molecule has 0 radical (unpaired) electrons. The van der Waals surface area contributed by atoms with Crippen molar-refractivity contribution < 1.29 is 23.4 Å². The molecule has 0 saturated carbocycles. The third kappa shape index (κ3) is 2.56. The number of hydrogen-bond acceptors (Lipinski definition) is 2. The van der Waals surface area contributed by atoms with E-state index < -0.39 is 12.6 Å². The Morgan fingerprint density at radius 3 is 2.61 bits per heavy atom. The Hall–Kier alpha value is -2.17. The molecule has 0 aliphatic rings. The van der Waals surface area contributed by atoms with Crippen LogP contribution in [-0.2, 0) is 11.2 Å². The van der Waals surface area contributed by atoms with Crippen LogP contribution in [0.3, 0.4) is 0 Å². The van der Waals surface area contributed by atoms with Crippen molar-refractivity contribution in [1.29, 1.82) is 0 Å². The zero-order valence-electron chi connectivity index (χ0n) is 9.27. The number of benzene rings is 2. The lowest BCUT2D eigenvalue weighted by Crippen LogP contribution is -2.08. The molecule has 0 unspecified atom stereocenters. The molecule has 3 nitrogen and oxygen atoms in total. The summed E-state index contributed by atoms with van der Waals surface area (Å²) in [5, 5.41) is 10.2. The summed E-state index contributed by atoms with van der Waals surface area (Å²) >= 11 is 0. The fraction of sp³-hybridized carbons (Fsp3) is 0.154. The molecule has 2 aromatic rings. The first-order valence-corrected chi connectivity index (χ1v) is 5.25. The number of alkyl halides is 2. The van der Waals surface area contributed by atoms with Crippen LogP contribution in [0.25, 0.3) is 10.8 Å². The lowest BCUT2D eigenvalue weighted by molar-refractivity contribution is -0.136. The summed E-state index contributed by atoms with van der Waals surface area (Å²) in [6, 6.07) is 9.98. The van der Waals surface area contributed by atoms with Gasteiger partial charge in [-0.05, 0) is 16.8 Å². The van der Waals surface area contributed by atoms with E-state index in [-0.39, 0.29) is 17.7 Å². The second-order valence-corrected chi connectivity index (χ2v) is 3.71. The van der Waals surface area contributed by atoms with Crippen LogP contribution in [0.15, 0.2) is 36.4 Å². The number of ether oxygens (including phenoxy) is 1. The molecule has 0 aliphatic carbocycles. The van der Waals surface area contributed by atoms with Crippen molar-refractivity contribution in [2.75, 3.05) is 0 Å². The van der Waals surface area contributed by atoms with Gasteiger partial charge in [-0.3, -0.25) is 4.79 Å². The highest BCUT2D eigenvalue weighted by molar-refractivity contribution is 5.90. The predicted molar refractivity (Wildman–Crippen MR) is 61.9 cm³/mol. The fourth-order valence-corrected chi connectivity index (χ4v) is 1.86. The zero-order valence-corrected chi connectivity index (χ0v) is 9.27. The molecule has 5 heteroatoms. The molecule has 94 valence electrons. The summed E-state index contributed by atoms with van der Waals surface area (Å²) in [6.07, 6.45) is -0.358. The summed E-state index contributed by atoms with van der Waals surface area (Å²) in [7, 11) is 0. The fourth-order valence-electron chi connectivity index (χ4n) is 1.86. The van der Waals surface area contributed by atoms with Gasteiger partial charge in [0.15, 0.2) is 0 Å². The van der Waals surface area contributed by atoms with Gasteiger partial charge < -0.3 is 9.84 Å². The number of halogens is 2. The molecular formula is C13H10F2O3. The first-order chi connectivity index (χ1) is 8.58. The van der Waals surface area contributed by atoms with Crippen LogP contribution in [-0.4, -0.2) is 17.7 Å². The summed E-state index contributed by atoms with van der Waals surface area (Å²) in [5.41, 5.74) is 0.265. The Bertz CT molecular complexity index is 581. The van der Waals surface area contributed by atoms with Crippen molar-refractivity contribution >= 4 is 16.7 Å².